The Bertz CT molecular complexity index is 716. The Morgan fingerprint density at radius 3 is 2.71 bits per heavy atom. The monoisotopic (exact) mass is 415 g/mol. The highest BCUT2D eigenvalue weighted by Crippen LogP contribution is 2.24. The Hall–Kier alpha value is -1.60. The molecule has 0 aliphatic heterocycles. The third kappa shape index (κ3) is 3.95. The average molecular weight is 416 g/mol. The van der Waals surface area contributed by atoms with E-state index < -0.39 is 5.97 Å². The molecule has 0 aliphatic rings. The zero-order valence-electron chi connectivity index (χ0n) is 11.0. The number of nitrogens with zero attached hydrogens (tertiary/aromatic N) is 1. The number of ether oxygens (including phenoxy) is 1. The molecule has 0 atom stereocenters. The highest BCUT2D eigenvalue weighted by atomic mass is 127. The second kappa shape index (κ2) is 6.91. The Labute approximate surface area is 140 Å². The van der Waals surface area contributed by atoms with Crippen LogP contribution < -0.4 is 0 Å². The smallest absolute Gasteiger partial charge is 0.339 e. The summed E-state index contributed by atoms with van der Waals surface area (Å²) in [5.41, 5.74) is 1.78. The lowest BCUT2D eigenvalue weighted by atomic mass is 10.2. The molecule has 0 amide bonds. The van der Waals surface area contributed by atoms with E-state index in [1.54, 1.807) is 36.5 Å². The van der Waals surface area contributed by atoms with Gasteiger partial charge < -0.3 is 9.84 Å². The van der Waals surface area contributed by atoms with Crippen LogP contribution in [0.25, 0.3) is 0 Å². The highest BCUT2D eigenvalue weighted by Gasteiger charge is 2.10. The molecule has 0 fully saturated rings. The molecule has 2 aromatic carbocycles. The molecular formula is C15H11ClINO3. The van der Waals surface area contributed by atoms with E-state index in [1.165, 1.54) is 7.11 Å². The van der Waals surface area contributed by atoms with Crippen LogP contribution in [-0.4, -0.2) is 24.4 Å². The van der Waals surface area contributed by atoms with Crippen LogP contribution in [0.3, 0.4) is 0 Å². The number of carbonyl (C=O) groups is 1. The van der Waals surface area contributed by atoms with Crippen LogP contribution in [0.15, 0.2) is 41.4 Å². The number of hydrogen-bond donors (Lipinski definition) is 1. The first kappa shape index (κ1) is 15.8. The fourth-order valence-corrected chi connectivity index (χ4v) is 2.40. The SMILES string of the molecule is COC(=O)c1ccc(N=Cc2ccc(O)c(I)c2)cc1Cl. The van der Waals surface area contributed by atoms with Gasteiger partial charge in [0, 0.05) is 6.21 Å². The minimum atomic E-state index is -0.483. The first-order valence-corrected chi connectivity index (χ1v) is 7.37. The third-order valence-corrected chi connectivity index (χ3v) is 3.87. The standard InChI is InChI=1S/C15H11ClINO3/c1-21-15(20)11-4-3-10(7-12(11)16)18-8-9-2-5-14(19)13(17)6-9/h2-8,19H,1H3. The first-order chi connectivity index (χ1) is 10.0. The van der Waals surface area contributed by atoms with Crippen LogP contribution in [0.1, 0.15) is 15.9 Å². The summed E-state index contributed by atoms with van der Waals surface area (Å²) in [5.74, 6) is -0.248. The molecule has 0 unspecified atom stereocenters. The number of esters is 1. The van der Waals surface area contributed by atoms with Crippen molar-refractivity contribution in [2.45, 2.75) is 0 Å². The number of phenolic OH excluding ortho intramolecular Hbond substituents is 1. The Morgan fingerprint density at radius 2 is 2.10 bits per heavy atom. The molecule has 0 saturated heterocycles. The van der Waals surface area contributed by atoms with Crippen molar-refractivity contribution in [1.82, 2.24) is 0 Å². The van der Waals surface area contributed by atoms with E-state index in [-0.39, 0.29) is 10.8 Å². The normalized spacial score (nSPS) is 10.8. The number of aliphatic imine (C=N–C) groups is 1. The van der Waals surface area contributed by atoms with E-state index in [1.807, 2.05) is 28.7 Å². The van der Waals surface area contributed by atoms with Crippen molar-refractivity contribution in [3.8, 4) is 5.75 Å². The summed E-state index contributed by atoms with van der Waals surface area (Å²) >= 11 is 8.06. The number of carbonyl (C=O) groups excluding carboxylic acids is 1. The average Bonchev–Trinajstić information content (AvgIpc) is 2.48. The Morgan fingerprint density at radius 1 is 1.33 bits per heavy atom. The highest BCUT2D eigenvalue weighted by molar-refractivity contribution is 14.1. The summed E-state index contributed by atoms with van der Waals surface area (Å²) in [6.07, 6.45) is 1.66. The molecule has 0 heterocycles. The second-order valence-corrected chi connectivity index (χ2v) is 5.69. The van der Waals surface area contributed by atoms with Crippen LogP contribution in [0.4, 0.5) is 5.69 Å². The van der Waals surface area contributed by atoms with Crippen LogP contribution in [-0.2, 0) is 4.74 Å². The number of hydrogen-bond acceptors (Lipinski definition) is 4. The van der Waals surface area contributed by atoms with Gasteiger partial charge in [0.2, 0.25) is 0 Å². The van der Waals surface area contributed by atoms with E-state index in [9.17, 15) is 9.90 Å². The first-order valence-electron chi connectivity index (χ1n) is 5.91. The lowest BCUT2D eigenvalue weighted by Gasteiger charge is -2.03. The van der Waals surface area contributed by atoms with Crippen molar-refractivity contribution in [2.75, 3.05) is 7.11 Å². The van der Waals surface area contributed by atoms with E-state index in [0.717, 1.165) is 9.13 Å². The van der Waals surface area contributed by atoms with Crippen molar-refractivity contribution in [2.24, 2.45) is 4.99 Å². The van der Waals surface area contributed by atoms with Gasteiger partial charge in [-0.1, -0.05) is 11.6 Å². The van der Waals surface area contributed by atoms with Gasteiger partial charge in [-0.2, -0.15) is 0 Å². The molecule has 1 N–H and O–H groups in total. The number of phenols is 1. The molecule has 0 saturated carbocycles. The number of benzene rings is 2. The third-order valence-electron chi connectivity index (χ3n) is 2.69. The summed E-state index contributed by atoms with van der Waals surface area (Å²) in [4.78, 5) is 15.7. The van der Waals surface area contributed by atoms with Gasteiger partial charge in [-0.3, -0.25) is 4.99 Å². The predicted molar refractivity (Wildman–Crippen MR) is 90.9 cm³/mol. The van der Waals surface area contributed by atoms with E-state index in [0.29, 0.717) is 11.3 Å². The number of rotatable bonds is 3. The maximum atomic E-state index is 11.4. The van der Waals surface area contributed by atoms with Gasteiger partial charge in [0.15, 0.2) is 0 Å². The zero-order valence-corrected chi connectivity index (χ0v) is 13.9. The molecular weight excluding hydrogens is 405 g/mol. The zero-order chi connectivity index (χ0) is 15.4. The summed E-state index contributed by atoms with van der Waals surface area (Å²) in [6.45, 7) is 0. The molecule has 2 aromatic rings. The van der Waals surface area contributed by atoms with E-state index >= 15 is 0 Å². The van der Waals surface area contributed by atoms with Gasteiger partial charge in [0.25, 0.3) is 0 Å². The summed E-state index contributed by atoms with van der Waals surface area (Å²) < 4.78 is 5.37. The van der Waals surface area contributed by atoms with E-state index in [2.05, 4.69) is 9.73 Å². The molecule has 2 rings (SSSR count). The topological polar surface area (TPSA) is 58.9 Å². The Balaban J connectivity index is 2.23. The minimum Gasteiger partial charge on any atom is -0.507 e. The van der Waals surface area contributed by atoms with Gasteiger partial charge in [-0.15, -0.1) is 0 Å². The van der Waals surface area contributed by atoms with Crippen molar-refractivity contribution in [3.63, 3.8) is 0 Å². The van der Waals surface area contributed by atoms with Crippen molar-refractivity contribution in [3.05, 3.63) is 56.1 Å². The lowest BCUT2D eigenvalue weighted by molar-refractivity contribution is 0.0601. The molecule has 0 aromatic heterocycles. The fourth-order valence-electron chi connectivity index (χ4n) is 1.61. The molecule has 6 heteroatoms. The maximum absolute atomic E-state index is 11.4. The van der Waals surface area contributed by atoms with E-state index in [4.69, 9.17) is 11.6 Å². The summed E-state index contributed by atoms with van der Waals surface area (Å²) in [7, 11) is 1.30. The second-order valence-electron chi connectivity index (χ2n) is 4.12. The van der Waals surface area contributed by atoms with Crippen LogP contribution >= 0.6 is 34.2 Å². The molecule has 108 valence electrons. The van der Waals surface area contributed by atoms with Crippen molar-refractivity contribution in [1.29, 1.82) is 0 Å². The number of halogens is 2. The van der Waals surface area contributed by atoms with Gasteiger partial charge in [-0.05, 0) is 64.6 Å². The lowest BCUT2D eigenvalue weighted by Crippen LogP contribution is -2.01. The molecule has 0 radical (unpaired) electrons. The molecule has 0 aliphatic carbocycles. The number of methoxy groups -OCH3 is 1. The fraction of sp³-hybridized carbons (Fsp3) is 0.0667. The number of aromatic hydroxyl groups is 1. The quantitative estimate of drug-likeness (QED) is 0.465. The molecule has 0 spiro atoms. The van der Waals surface area contributed by atoms with Crippen LogP contribution in [0, 0.1) is 3.57 Å². The van der Waals surface area contributed by atoms with Gasteiger partial charge in [0.05, 0.1) is 27.0 Å². The minimum absolute atomic E-state index is 0.234. The molecule has 4 nitrogen and oxygen atoms in total. The Kier molecular flexibility index (Phi) is 5.19. The predicted octanol–water partition coefficient (Wildman–Crippen LogP) is 4.19. The molecule has 21 heavy (non-hydrogen) atoms. The van der Waals surface area contributed by atoms with Crippen LogP contribution in [0.2, 0.25) is 5.02 Å². The van der Waals surface area contributed by atoms with Gasteiger partial charge >= 0.3 is 5.97 Å². The van der Waals surface area contributed by atoms with Crippen molar-refractivity contribution < 1.29 is 14.6 Å². The van der Waals surface area contributed by atoms with Gasteiger partial charge in [0.1, 0.15) is 5.75 Å². The largest absolute Gasteiger partial charge is 0.507 e. The summed E-state index contributed by atoms with van der Waals surface area (Å²) in [6, 6.07) is 10.0. The summed E-state index contributed by atoms with van der Waals surface area (Å²) in [5, 5.41) is 9.75. The van der Waals surface area contributed by atoms with Gasteiger partial charge in [-0.25, -0.2) is 4.79 Å². The van der Waals surface area contributed by atoms with Crippen molar-refractivity contribution >= 4 is 52.1 Å². The maximum Gasteiger partial charge on any atom is 0.339 e. The van der Waals surface area contributed by atoms with Crippen LogP contribution in [0.5, 0.6) is 5.75 Å². The molecule has 0 bridgehead atoms.